The molecule has 120 valence electrons. The second-order valence-corrected chi connectivity index (χ2v) is 7.35. The van der Waals surface area contributed by atoms with Crippen molar-refractivity contribution in [2.24, 2.45) is 17.8 Å². The molecule has 1 heterocycles. The van der Waals surface area contributed by atoms with Crippen LogP contribution in [-0.2, 0) is 4.79 Å². The van der Waals surface area contributed by atoms with Gasteiger partial charge in [0.2, 0.25) is 5.91 Å². The van der Waals surface area contributed by atoms with E-state index in [1.54, 1.807) is 5.57 Å². The number of allylic oxidation sites excluding steroid dienone is 1. The minimum Gasteiger partial charge on any atom is -0.354 e. The maximum atomic E-state index is 12.1. The van der Waals surface area contributed by atoms with Gasteiger partial charge in [0.25, 0.3) is 0 Å². The lowest BCUT2D eigenvalue weighted by atomic mass is 9.79. The SMILES string of the molecule is CC1=CCC[C@@H](C)[C@H]1CN1CCC(C(=O)NC(C)C)CC1. The minimum absolute atomic E-state index is 0.226. The second-order valence-electron chi connectivity index (χ2n) is 7.35. The predicted octanol–water partition coefficient (Wildman–Crippen LogP) is 3.22. The van der Waals surface area contributed by atoms with E-state index in [-0.39, 0.29) is 17.9 Å². The second kappa shape index (κ2) is 7.44. The normalized spacial score (nSPS) is 28.5. The van der Waals surface area contributed by atoms with E-state index in [0.717, 1.165) is 37.8 Å². The highest BCUT2D eigenvalue weighted by Gasteiger charge is 2.29. The Labute approximate surface area is 130 Å². The third-order valence-electron chi connectivity index (χ3n) is 5.20. The maximum Gasteiger partial charge on any atom is 0.223 e. The number of nitrogens with zero attached hydrogens (tertiary/aromatic N) is 1. The van der Waals surface area contributed by atoms with Crippen LogP contribution in [0.1, 0.15) is 53.4 Å². The molecule has 0 aromatic rings. The first-order chi connectivity index (χ1) is 9.97. The zero-order valence-electron chi connectivity index (χ0n) is 14.2. The molecule has 0 bridgehead atoms. The van der Waals surface area contributed by atoms with Gasteiger partial charge in [-0.05, 0) is 71.4 Å². The van der Waals surface area contributed by atoms with Gasteiger partial charge >= 0.3 is 0 Å². The number of likely N-dealkylation sites (tertiary alicyclic amines) is 1. The fourth-order valence-corrected chi connectivity index (χ4v) is 3.76. The molecule has 0 radical (unpaired) electrons. The molecule has 1 fully saturated rings. The van der Waals surface area contributed by atoms with E-state index >= 15 is 0 Å². The molecule has 0 spiro atoms. The molecule has 2 aliphatic rings. The van der Waals surface area contributed by atoms with Crippen LogP contribution in [0.4, 0.5) is 0 Å². The van der Waals surface area contributed by atoms with Gasteiger partial charge in [-0.1, -0.05) is 18.6 Å². The highest BCUT2D eigenvalue weighted by atomic mass is 16.1. The van der Waals surface area contributed by atoms with Crippen LogP contribution in [0.2, 0.25) is 0 Å². The number of rotatable bonds is 4. The molecular weight excluding hydrogens is 260 g/mol. The lowest BCUT2D eigenvalue weighted by Gasteiger charge is -2.37. The summed E-state index contributed by atoms with van der Waals surface area (Å²) >= 11 is 0. The molecule has 0 saturated carbocycles. The van der Waals surface area contributed by atoms with Crippen molar-refractivity contribution in [1.82, 2.24) is 10.2 Å². The van der Waals surface area contributed by atoms with E-state index in [1.807, 2.05) is 13.8 Å². The van der Waals surface area contributed by atoms with Crippen molar-refractivity contribution >= 4 is 5.91 Å². The lowest BCUT2D eigenvalue weighted by molar-refractivity contribution is -0.127. The van der Waals surface area contributed by atoms with Crippen molar-refractivity contribution in [2.45, 2.75) is 59.4 Å². The van der Waals surface area contributed by atoms with Gasteiger partial charge in [-0.25, -0.2) is 0 Å². The summed E-state index contributed by atoms with van der Waals surface area (Å²) < 4.78 is 0. The Bertz CT molecular complexity index is 381. The quantitative estimate of drug-likeness (QED) is 0.807. The van der Waals surface area contributed by atoms with E-state index < -0.39 is 0 Å². The molecule has 3 nitrogen and oxygen atoms in total. The van der Waals surface area contributed by atoms with Crippen molar-refractivity contribution in [3.8, 4) is 0 Å². The Morgan fingerprint density at radius 1 is 1.33 bits per heavy atom. The summed E-state index contributed by atoms with van der Waals surface area (Å²) in [5.41, 5.74) is 1.58. The topological polar surface area (TPSA) is 32.3 Å². The number of carbonyl (C=O) groups is 1. The van der Waals surface area contributed by atoms with E-state index in [9.17, 15) is 4.79 Å². The van der Waals surface area contributed by atoms with E-state index in [2.05, 4.69) is 30.1 Å². The van der Waals surface area contributed by atoms with Crippen molar-refractivity contribution < 1.29 is 4.79 Å². The Kier molecular flexibility index (Phi) is 5.86. The Hall–Kier alpha value is -0.830. The van der Waals surface area contributed by atoms with Crippen LogP contribution in [0.15, 0.2) is 11.6 Å². The largest absolute Gasteiger partial charge is 0.354 e. The molecule has 1 amide bonds. The van der Waals surface area contributed by atoms with Crippen molar-refractivity contribution in [3.05, 3.63) is 11.6 Å². The van der Waals surface area contributed by atoms with Crippen LogP contribution in [0.25, 0.3) is 0 Å². The number of nitrogens with one attached hydrogen (secondary N) is 1. The summed E-state index contributed by atoms with van der Waals surface area (Å²) in [6.07, 6.45) is 7.04. The molecule has 0 unspecified atom stereocenters. The minimum atomic E-state index is 0.226. The highest BCUT2D eigenvalue weighted by molar-refractivity contribution is 5.78. The number of hydrogen-bond acceptors (Lipinski definition) is 2. The van der Waals surface area contributed by atoms with Crippen LogP contribution in [-0.4, -0.2) is 36.5 Å². The summed E-state index contributed by atoms with van der Waals surface area (Å²) in [6, 6.07) is 0.256. The van der Waals surface area contributed by atoms with Crippen molar-refractivity contribution in [2.75, 3.05) is 19.6 Å². The average molecular weight is 292 g/mol. The fraction of sp³-hybridized carbons (Fsp3) is 0.833. The number of amides is 1. The fourth-order valence-electron chi connectivity index (χ4n) is 3.76. The van der Waals surface area contributed by atoms with E-state index in [4.69, 9.17) is 0 Å². The van der Waals surface area contributed by atoms with Gasteiger partial charge in [-0.2, -0.15) is 0 Å². The molecule has 21 heavy (non-hydrogen) atoms. The summed E-state index contributed by atoms with van der Waals surface area (Å²) in [4.78, 5) is 14.6. The monoisotopic (exact) mass is 292 g/mol. The zero-order valence-corrected chi connectivity index (χ0v) is 14.2. The summed E-state index contributed by atoms with van der Waals surface area (Å²) in [5.74, 6) is 2.01. The van der Waals surface area contributed by atoms with Crippen LogP contribution >= 0.6 is 0 Å². The van der Waals surface area contributed by atoms with Crippen molar-refractivity contribution in [1.29, 1.82) is 0 Å². The molecular formula is C18H32N2O. The average Bonchev–Trinajstić information content (AvgIpc) is 2.43. The molecule has 1 aliphatic heterocycles. The van der Waals surface area contributed by atoms with Crippen LogP contribution in [0.5, 0.6) is 0 Å². The van der Waals surface area contributed by atoms with Crippen LogP contribution in [0.3, 0.4) is 0 Å². The van der Waals surface area contributed by atoms with Gasteiger partial charge in [0, 0.05) is 18.5 Å². The number of piperidine rings is 1. The third-order valence-corrected chi connectivity index (χ3v) is 5.20. The molecule has 2 rings (SSSR count). The molecule has 2 atom stereocenters. The van der Waals surface area contributed by atoms with Gasteiger partial charge < -0.3 is 10.2 Å². The van der Waals surface area contributed by atoms with Crippen LogP contribution in [0, 0.1) is 17.8 Å². The lowest BCUT2D eigenvalue weighted by Crippen LogP contribution is -2.44. The van der Waals surface area contributed by atoms with Crippen molar-refractivity contribution in [3.63, 3.8) is 0 Å². The molecule has 1 aliphatic carbocycles. The van der Waals surface area contributed by atoms with Gasteiger partial charge in [0.05, 0.1) is 0 Å². The summed E-state index contributed by atoms with van der Waals surface area (Å²) in [7, 11) is 0. The summed E-state index contributed by atoms with van der Waals surface area (Å²) in [5, 5.41) is 3.06. The number of hydrogen-bond donors (Lipinski definition) is 1. The van der Waals surface area contributed by atoms with E-state index in [0.29, 0.717) is 0 Å². The Morgan fingerprint density at radius 2 is 2.00 bits per heavy atom. The van der Waals surface area contributed by atoms with Crippen LogP contribution < -0.4 is 5.32 Å². The van der Waals surface area contributed by atoms with Gasteiger partial charge in [0.1, 0.15) is 0 Å². The highest BCUT2D eigenvalue weighted by Crippen LogP contribution is 2.31. The summed E-state index contributed by atoms with van der Waals surface area (Å²) in [6.45, 7) is 12.1. The first-order valence-corrected chi connectivity index (χ1v) is 8.66. The zero-order chi connectivity index (χ0) is 15.4. The first kappa shape index (κ1) is 16.5. The van der Waals surface area contributed by atoms with E-state index in [1.165, 1.54) is 19.4 Å². The molecule has 0 aromatic carbocycles. The Morgan fingerprint density at radius 3 is 2.57 bits per heavy atom. The first-order valence-electron chi connectivity index (χ1n) is 8.66. The number of carbonyl (C=O) groups excluding carboxylic acids is 1. The maximum absolute atomic E-state index is 12.1. The molecule has 1 N–H and O–H groups in total. The predicted molar refractivity (Wildman–Crippen MR) is 88.1 cm³/mol. The van der Waals surface area contributed by atoms with Gasteiger partial charge in [-0.3, -0.25) is 4.79 Å². The molecule has 3 heteroatoms. The van der Waals surface area contributed by atoms with Gasteiger partial charge in [-0.15, -0.1) is 0 Å². The molecule has 0 aromatic heterocycles. The standard InChI is InChI=1S/C18H32N2O/c1-13(2)19-18(21)16-8-10-20(11-9-16)12-17-14(3)6-5-7-15(17)4/h6,13,15-17H,5,7-12H2,1-4H3,(H,19,21)/t15-,17+/m1/s1. The smallest absolute Gasteiger partial charge is 0.223 e. The Balaban J connectivity index is 1.80. The molecule has 1 saturated heterocycles. The van der Waals surface area contributed by atoms with Gasteiger partial charge in [0.15, 0.2) is 0 Å². The third kappa shape index (κ3) is 4.57.